The highest BCUT2D eigenvalue weighted by Crippen LogP contribution is 2.34. The van der Waals surface area contributed by atoms with Crippen LogP contribution in [-0.4, -0.2) is 10.4 Å². The van der Waals surface area contributed by atoms with Gasteiger partial charge in [0.25, 0.3) is 5.56 Å². The van der Waals surface area contributed by atoms with E-state index in [0.717, 1.165) is 10.7 Å². The van der Waals surface area contributed by atoms with Crippen LogP contribution in [0.25, 0.3) is 10.6 Å². The Bertz CT molecular complexity index is 1090. The van der Waals surface area contributed by atoms with Gasteiger partial charge in [0.1, 0.15) is 11.6 Å². The van der Waals surface area contributed by atoms with Gasteiger partial charge in [-0.05, 0) is 30.0 Å². The van der Waals surface area contributed by atoms with Crippen LogP contribution in [0.3, 0.4) is 0 Å². The summed E-state index contributed by atoms with van der Waals surface area (Å²) in [5.41, 5.74) is -2.23. The molecule has 3 rings (SSSR count). The maximum Gasteiger partial charge on any atom is 0.417 e. The third-order valence-electron chi connectivity index (χ3n) is 3.82. The van der Waals surface area contributed by atoms with E-state index in [1.54, 1.807) is 48.7 Å². The minimum absolute atomic E-state index is 0.0170. The van der Waals surface area contributed by atoms with Crippen molar-refractivity contribution in [3.63, 3.8) is 0 Å². The molecule has 0 fully saturated rings. The van der Waals surface area contributed by atoms with E-state index in [9.17, 15) is 18.0 Å². The van der Waals surface area contributed by atoms with Crippen molar-refractivity contribution in [3.8, 4) is 16.6 Å². The van der Waals surface area contributed by atoms with Crippen molar-refractivity contribution in [3.05, 3.63) is 81.0 Å². The van der Waals surface area contributed by atoms with E-state index in [2.05, 4.69) is 5.10 Å². The number of pyridine rings is 1. The fourth-order valence-electron chi connectivity index (χ4n) is 2.52. The maximum absolute atomic E-state index is 13.4. The van der Waals surface area contributed by atoms with Crippen molar-refractivity contribution in [1.29, 1.82) is 5.26 Å². The van der Waals surface area contributed by atoms with Gasteiger partial charge in [-0.3, -0.25) is 4.79 Å². The molecular formula is C19H12F3N3OS. The molecule has 136 valence electrons. The number of benzene rings is 1. The van der Waals surface area contributed by atoms with E-state index >= 15 is 0 Å². The Kier molecular flexibility index (Phi) is 4.97. The van der Waals surface area contributed by atoms with E-state index in [-0.39, 0.29) is 5.69 Å². The second-order valence-electron chi connectivity index (χ2n) is 5.57. The lowest BCUT2D eigenvalue weighted by atomic mass is 10.1. The third kappa shape index (κ3) is 3.68. The topological polar surface area (TPSA) is 58.1 Å². The van der Waals surface area contributed by atoms with Gasteiger partial charge in [0, 0.05) is 0 Å². The average molecular weight is 387 g/mol. The highest BCUT2D eigenvalue weighted by Gasteiger charge is 2.36. The van der Waals surface area contributed by atoms with Crippen LogP contribution < -0.4 is 5.56 Å². The molecule has 0 amide bonds. The minimum Gasteiger partial charge on any atom is -0.266 e. The summed E-state index contributed by atoms with van der Waals surface area (Å²) < 4.78 is 41.0. The SMILES string of the molecule is C/C(=N\n1c(-c2cccs2)cc(C(F)(F)F)c(C#N)c1=O)c1ccccc1. The largest absolute Gasteiger partial charge is 0.417 e. The van der Waals surface area contributed by atoms with Gasteiger partial charge in [-0.25, -0.2) is 0 Å². The van der Waals surface area contributed by atoms with Crippen LogP contribution in [0, 0.1) is 11.3 Å². The first kappa shape index (κ1) is 18.6. The fourth-order valence-corrected chi connectivity index (χ4v) is 3.25. The Balaban J connectivity index is 2.33. The smallest absolute Gasteiger partial charge is 0.266 e. The predicted molar refractivity (Wildman–Crippen MR) is 97.8 cm³/mol. The Morgan fingerprint density at radius 3 is 2.44 bits per heavy atom. The van der Waals surface area contributed by atoms with Crippen molar-refractivity contribution in [2.24, 2.45) is 5.10 Å². The molecule has 0 saturated heterocycles. The Labute approximate surface area is 156 Å². The summed E-state index contributed by atoms with van der Waals surface area (Å²) in [5, 5.41) is 15.1. The summed E-state index contributed by atoms with van der Waals surface area (Å²) in [4.78, 5) is 13.1. The number of aromatic nitrogens is 1. The van der Waals surface area contributed by atoms with Crippen LogP contribution in [0.2, 0.25) is 0 Å². The molecule has 2 heterocycles. The number of hydrogen-bond donors (Lipinski definition) is 0. The lowest BCUT2D eigenvalue weighted by Gasteiger charge is -2.14. The summed E-state index contributed by atoms with van der Waals surface area (Å²) in [7, 11) is 0. The molecule has 0 atom stereocenters. The number of alkyl halides is 3. The molecule has 0 radical (unpaired) electrons. The molecule has 0 bridgehead atoms. The van der Waals surface area contributed by atoms with Crippen LogP contribution >= 0.6 is 11.3 Å². The lowest BCUT2D eigenvalue weighted by molar-refractivity contribution is -0.137. The fraction of sp³-hybridized carbons (Fsp3) is 0.105. The van der Waals surface area contributed by atoms with Gasteiger partial charge in [-0.15, -0.1) is 11.3 Å². The molecular weight excluding hydrogens is 375 g/mol. The zero-order valence-electron chi connectivity index (χ0n) is 14.0. The molecule has 0 spiro atoms. The van der Waals surface area contributed by atoms with E-state index in [4.69, 9.17) is 5.26 Å². The second-order valence-corrected chi connectivity index (χ2v) is 6.52. The number of thiophene rings is 1. The zero-order chi connectivity index (χ0) is 19.6. The summed E-state index contributed by atoms with van der Waals surface area (Å²) in [6, 6.07) is 14.3. The third-order valence-corrected chi connectivity index (χ3v) is 4.71. The normalized spacial score (nSPS) is 12.0. The molecule has 0 unspecified atom stereocenters. The molecule has 0 N–H and O–H groups in total. The predicted octanol–water partition coefficient (Wildman–Crippen LogP) is 4.74. The van der Waals surface area contributed by atoms with E-state index in [1.165, 1.54) is 17.4 Å². The van der Waals surface area contributed by atoms with Gasteiger partial charge >= 0.3 is 6.18 Å². The van der Waals surface area contributed by atoms with Crippen LogP contribution in [0.15, 0.2) is 63.8 Å². The van der Waals surface area contributed by atoms with Crippen molar-refractivity contribution in [2.45, 2.75) is 13.1 Å². The quantitative estimate of drug-likeness (QED) is 0.610. The number of nitriles is 1. The Morgan fingerprint density at radius 2 is 1.89 bits per heavy atom. The van der Waals surface area contributed by atoms with Crippen molar-refractivity contribution < 1.29 is 13.2 Å². The first-order valence-electron chi connectivity index (χ1n) is 7.75. The molecule has 0 aliphatic heterocycles. The van der Waals surface area contributed by atoms with Crippen molar-refractivity contribution >= 4 is 17.0 Å². The standard InChI is InChI=1S/C19H12F3N3OS/c1-12(13-6-3-2-4-7-13)24-25-16(17-8-5-9-27-17)10-15(19(20,21)22)14(11-23)18(25)26/h2-10H,1H3/b24-12+. The van der Waals surface area contributed by atoms with Crippen molar-refractivity contribution in [2.75, 3.05) is 0 Å². The number of rotatable bonds is 3. The number of nitrogens with zero attached hydrogens (tertiary/aromatic N) is 3. The van der Waals surface area contributed by atoms with Gasteiger partial charge in [-0.1, -0.05) is 36.4 Å². The highest BCUT2D eigenvalue weighted by atomic mass is 32.1. The molecule has 0 saturated carbocycles. The van der Waals surface area contributed by atoms with E-state index in [1.807, 2.05) is 6.07 Å². The Hall–Kier alpha value is -3.18. The van der Waals surface area contributed by atoms with Gasteiger partial charge in [0.05, 0.1) is 21.8 Å². The minimum atomic E-state index is -4.83. The maximum atomic E-state index is 13.4. The van der Waals surface area contributed by atoms with Crippen LogP contribution in [0.4, 0.5) is 13.2 Å². The molecule has 1 aromatic carbocycles. The zero-order valence-corrected chi connectivity index (χ0v) is 14.8. The molecule has 0 aliphatic rings. The summed E-state index contributed by atoms with van der Waals surface area (Å²) in [6.07, 6.45) is -4.83. The molecule has 27 heavy (non-hydrogen) atoms. The monoisotopic (exact) mass is 387 g/mol. The average Bonchev–Trinajstić information content (AvgIpc) is 3.17. The van der Waals surface area contributed by atoms with Gasteiger partial charge in [-0.2, -0.15) is 28.2 Å². The van der Waals surface area contributed by atoms with Crippen molar-refractivity contribution in [1.82, 2.24) is 4.68 Å². The van der Waals surface area contributed by atoms with Gasteiger partial charge < -0.3 is 0 Å². The highest BCUT2D eigenvalue weighted by molar-refractivity contribution is 7.13. The molecule has 8 heteroatoms. The van der Waals surface area contributed by atoms with E-state index < -0.39 is 22.9 Å². The lowest BCUT2D eigenvalue weighted by Crippen LogP contribution is -2.26. The molecule has 3 aromatic rings. The van der Waals surface area contributed by atoms with E-state index in [0.29, 0.717) is 16.2 Å². The second kappa shape index (κ2) is 7.21. The van der Waals surface area contributed by atoms with Gasteiger partial charge in [0.2, 0.25) is 0 Å². The first-order chi connectivity index (χ1) is 12.8. The van der Waals surface area contributed by atoms with Gasteiger partial charge in [0.15, 0.2) is 0 Å². The van der Waals surface area contributed by atoms with Crippen LogP contribution in [-0.2, 0) is 6.18 Å². The summed E-state index contributed by atoms with van der Waals surface area (Å²) in [6.45, 7) is 1.64. The molecule has 2 aromatic heterocycles. The first-order valence-corrected chi connectivity index (χ1v) is 8.63. The number of halogens is 3. The molecule has 4 nitrogen and oxygen atoms in total. The van der Waals surface area contributed by atoms with Crippen LogP contribution in [0.5, 0.6) is 0 Å². The Morgan fingerprint density at radius 1 is 1.19 bits per heavy atom. The molecule has 0 aliphatic carbocycles. The number of hydrogen-bond acceptors (Lipinski definition) is 4. The summed E-state index contributed by atoms with van der Waals surface area (Å²) >= 11 is 1.18. The summed E-state index contributed by atoms with van der Waals surface area (Å²) in [5.74, 6) is 0. The van der Waals surface area contributed by atoms with Crippen LogP contribution in [0.1, 0.15) is 23.6 Å².